The van der Waals surface area contributed by atoms with Crippen LogP contribution in [0.3, 0.4) is 0 Å². The normalized spacial score (nSPS) is 10.9. The minimum atomic E-state index is 0.657. The van der Waals surface area contributed by atoms with Crippen molar-refractivity contribution in [2.75, 3.05) is 0 Å². The first-order valence-corrected chi connectivity index (χ1v) is 5.71. The molecule has 0 bridgehead atoms. The standard InChI is InChI=1S/C13H10ClN3/c1-9-5-4-8-12-15-13(16-17(9)12)10-6-2-3-7-11(10)14/h2-8H,1H3. The van der Waals surface area contributed by atoms with Crippen LogP contribution in [0, 0.1) is 6.92 Å². The number of hydrogen-bond donors (Lipinski definition) is 0. The van der Waals surface area contributed by atoms with E-state index in [1.54, 1.807) is 0 Å². The van der Waals surface area contributed by atoms with E-state index in [0.29, 0.717) is 10.8 Å². The van der Waals surface area contributed by atoms with E-state index in [-0.39, 0.29) is 0 Å². The van der Waals surface area contributed by atoms with Gasteiger partial charge in [0, 0.05) is 11.3 Å². The Hall–Kier alpha value is -1.87. The molecule has 0 spiro atoms. The third kappa shape index (κ3) is 1.68. The average Bonchev–Trinajstić information content (AvgIpc) is 2.75. The van der Waals surface area contributed by atoms with Gasteiger partial charge in [0.2, 0.25) is 0 Å². The van der Waals surface area contributed by atoms with Gasteiger partial charge >= 0.3 is 0 Å². The fraction of sp³-hybridized carbons (Fsp3) is 0.0769. The van der Waals surface area contributed by atoms with E-state index < -0.39 is 0 Å². The van der Waals surface area contributed by atoms with Crippen LogP contribution in [-0.4, -0.2) is 14.6 Å². The number of benzene rings is 1. The number of aromatic nitrogens is 3. The lowest BCUT2D eigenvalue weighted by molar-refractivity contribution is 0.918. The van der Waals surface area contributed by atoms with Crippen LogP contribution in [0.15, 0.2) is 42.5 Å². The molecule has 0 saturated carbocycles. The van der Waals surface area contributed by atoms with Crippen molar-refractivity contribution < 1.29 is 0 Å². The first-order valence-electron chi connectivity index (χ1n) is 5.33. The zero-order valence-electron chi connectivity index (χ0n) is 9.26. The second kappa shape index (κ2) is 3.86. The summed E-state index contributed by atoms with van der Waals surface area (Å²) in [6.07, 6.45) is 0. The zero-order chi connectivity index (χ0) is 11.8. The SMILES string of the molecule is Cc1cccc2nc(-c3ccccc3Cl)nn12. The number of nitrogens with zero attached hydrogens (tertiary/aromatic N) is 3. The van der Waals surface area contributed by atoms with Crippen molar-refractivity contribution in [3.63, 3.8) is 0 Å². The number of hydrogen-bond acceptors (Lipinski definition) is 2. The second-order valence-electron chi connectivity index (χ2n) is 3.85. The van der Waals surface area contributed by atoms with Crippen molar-refractivity contribution in [2.24, 2.45) is 0 Å². The van der Waals surface area contributed by atoms with Crippen LogP contribution < -0.4 is 0 Å². The highest BCUT2D eigenvalue weighted by Crippen LogP contribution is 2.25. The largest absolute Gasteiger partial charge is 0.218 e. The van der Waals surface area contributed by atoms with Gasteiger partial charge in [0.25, 0.3) is 0 Å². The molecule has 0 amide bonds. The molecule has 0 radical (unpaired) electrons. The molecule has 0 saturated heterocycles. The van der Waals surface area contributed by atoms with Gasteiger partial charge in [-0.05, 0) is 31.2 Å². The fourth-order valence-electron chi connectivity index (χ4n) is 1.79. The molecule has 0 aliphatic carbocycles. The molecular weight excluding hydrogens is 234 g/mol. The van der Waals surface area contributed by atoms with Crippen LogP contribution in [0.25, 0.3) is 17.0 Å². The summed E-state index contributed by atoms with van der Waals surface area (Å²) < 4.78 is 1.82. The lowest BCUT2D eigenvalue weighted by Crippen LogP contribution is -1.91. The van der Waals surface area contributed by atoms with Crippen molar-refractivity contribution >= 4 is 17.2 Å². The Morgan fingerprint density at radius 2 is 1.88 bits per heavy atom. The van der Waals surface area contributed by atoms with E-state index in [2.05, 4.69) is 10.1 Å². The predicted octanol–water partition coefficient (Wildman–Crippen LogP) is 3.36. The Kier molecular flexibility index (Phi) is 2.34. The van der Waals surface area contributed by atoms with E-state index >= 15 is 0 Å². The van der Waals surface area contributed by atoms with Crippen molar-refractivity contribution in [1.29, 1.82) is 0 Å². The van der Waals surface area contributed by atoms with Gasteiger partial charge in [-0.2, -0.15) is 0 Å². The first-order chi connectivity index (χ1) is 8.25. The summed E-state index contributed by atoms with van der Waals surface area (Å²) in [5.41, 5.74) is 2.74. The summed E-state index contributed by atoms with van der Waals surface area (Å²) in [6, 6.07) is 13.5. The van der Waals surface area contributed by atoms with Gasteiger partial charge in [0.15, 0.2) is 11.5 Å². The molecule has 3 nitrogen and oxygen atoms in total. The second-order valence-corrected chi connectivity index (χ2v) is 4.26. The van der Waals surface area contributed by atoms with Gasteiger partial charge in [0.05, 0.1) is 5.02 Å². The minimum Gasteiger partial charge on any atom is -0.218 e. The summed E-state index contributed by atoms with van der Waals surface area (Å²) in [5, 5.41) is 5.13. The van der Waals surface area contributed by atoms with Crippen molar-refractivity contribution in [1.82, 2.24) is 14.6 Å². The van der Waals surface area contributed by atoms with E-state index in [0.717, 1.165) is 16.9 Å². The summed E-state index contributed by atoms with van der Waals surface area (Å²) >= 11 is 6.14. The fourth-order valence-corrected chi connectivity index (χ4v) is 2.01. The Labute approximate surface area is 104 Å². The summed E-state index contributed by atoms with van der Waals surface area (Å²) in [7, 11) is 0. The van der Waals surface area contributed by atoms with Gasteiger partial charge < -0.3 is 0 Å². The number of halogens is 1. The third-order valence-corrected chi connectivity index (χ3v) is 2.99. The van der Waals surface area contributed by atoms with Crippen molar-refractivity contribution in [2.45, 2.75) is 6.92 Å². The van der Waals surface area contributed by atoms with Crippen molar-refractivity contribution in [3.8, 4) is 11.4 Å². The monoisotopic (exact) mass is 243 g/mol. The Balaban J connectivity index is 2.26. The topological polar surface area (TPSA) is 30.2 Å². The summed E-state index contributed by atoms with van der Waals surface area (Å²) in [4.78, 5) is 4.47. The molecule has 3 rings (SSSR count). The zero-order valence-corrected chi connectivity index (χ0v) is 10.0. The molecule has 0 unspecified atom stereocenters. The molecule has 1 aromatic carbocycles. The molecule has 0 N–H and O–H groups in total. The number of rotatable bonds is 1. The molecule has 3 aromatic rings. The predicted molar refractivity (Wildman–Crippen MR) is 68.2 cm³/mol. The quantitative estimate of drug-likeness (QED) is 0.656. The number of fused-ring (bicyclic) bond motifs is 1. The van der Waals surface area contributed by atoms with Gasteiger partial charge in [-0.1, -0.05) is 29.8 Å². The van der Waals surface area contributed by atoms with Gasteiger partial charge in [-0.3, -0.25) is 0 Å². The van der Waals surface area contributed by atoms with Crippen LogP contribution in [0.5, 0.6) is 0 Å². The van der Waals surface area contributed by atoms with E-state index in [1.807, 2.05) is 53.9 Å². The highest BCUT2D eigenvalue weighted by molar-refractivity contribution is 6.33. The lowest BCUT2D eigenvalue weighted by atomic mass is 10.2. The highest BCUT2D eigenvalue weighted by atomic mass is 35.5. The molecule has 0 aliphatic rings. The van der Waals surface area contributed by atoms with E-state index in [9.17, 15) is 0 Å². The smallest absolute Gasteiger partial charge is 0.183 e. The van der Waals surface area contributed by atoms with Crippen LogP contribution in [0.4, 0.5) is 0 Å². The van der Waals surface area contributed by atoms with E-state index in [4.69, 9.17) is 11.6 Å². The number of pyridine rings is 1. The molecule has 84 valence electrons. The molecule has 0 atom stereocenters. The maximum Gasteiger partial charge on any atom is 0.183 e. The summed E-state index contributed by atoms with van der Waals surface area (Å²) in [6.45, 7) is 2.00. The Morgan fingerprint density at radius 1 is 1.06 bits per heavy atom. The maximum atomic E-state index is 6.14. The van der Waals surface area contributed by atoms with Crippen LogP contribution in [-0.2, 0) is 0 Å². The van der Waals surface area contributed by atoms with Crippen LogP contribution >= 0.6 is 11.6 Å². The molecule has 2 heterocycles. The van der Waals surface area contributed by atoms with Gasteiger partial charge in [0.1, 0.15) is 0 Å². The third-order valence-electron chi connectivity index (χ3n) is 2.66. The van der Waals surface area contributed by atoms with Gasteiger partial charge in [-0.15, -0.1) is 5.10 Å². The average molecular weight is 244 g/mol. The Morgan fingerprint density at radius 3 is 2.65 bits per heavy atom. The molecular formula is C13H10ClN3. The van der Waals surface area contributed by atoms with Crippen LogP contribution in [0.2, 0.25) is 5.02 Å². The Bertz CT molecular complexity index is 688. The van der Waals surface area contributed by atoms with Crippen molar-refractivity contribution in [3.05, 3.63) is 53.2 Å². The first kappa shape index (κ1) is 10.3. The molecule has 4 heteroatoms. The highest BCUT2D eigenvalue weighted by Gasteiger charge is 2.09. The maximum absolute atomic E-state index is 6.14. The minimum absolute atomic E-state index is 0.657. The lowest BCUT2D eigenvalue weighted by Gasteiger charge is -1.97. The van der Waals surface area contributed by atoms with Crippen LogP contribution in [0.1, 0.15) is 5.69 Å². The molecule has 2 aromatic heterocycles. The summed E-state index contributed by atoms with van der Waals surface area (Å²) in [5.74, 6) is 0.657. The molecule has 0 fully saturated rings. The van der Waals surface area contributed by atoms with E-state index in [1.165, 1.54) is 0 Å². The molecule has 17 heavy (non-hydrogen) atoms. The molecule has 0 aliphatic heterocycles. The van der Waals surface area contributed by atoms with Gasteiger partial charge in [-0.25, -0.2) is 9.50 Å². The number of aryl methyl sites for hydroxylation is 1.